The summed E-state index contributed by atoms with van der Waals surface area (Å²) in [4.78, 5) is 11.7. The Morgan fingerprint density at radius 2 is 1.89 bits per heavy atom. The Hall–Kier alpha value is -2.71. The van der Waals surface area contributed by atoms with Crippen molar-refractivity contribution in [3.05, 3.63) is 29.8 Å². The minimum absolute atomic E-state index is 0.0980. The van der Waals surface area contributed by atoms with Crippen molar-refractivity contribution in [1.82, 2.24) is 9.97 Å². The van der Waals surface area contributed by atoms with E-state index in [0.29, 0.717) is 36.1 Å². The molecule has 1 aromatic carbocycles. The SMILES string of the molecule is N=Cc1c(NC2CCCCO2)nc(-c2ccc(N)cc2)nc1N1CCOCC1. The summed E-state index contributed by atoms with van der Waals surface area (Å²) in [5, 5.41) is 11.4. The first-order valence-corrected chi connectivity index (χ1v) is 9.74. The van der Waals surface area contributed by atoms with Gasteiger partial charge in [-0.1, -0.05) is 0 Å². The number of nitrogen functional groups attached to an aromatic ring is 1. The topological polar surface area (TPSA) is 109 Å². The lowest BCUT2D eigenvalue weighted by Gasteiger charge is -2.31. The van der Waals surface area contributed by atoms with Gasteiger partial charge in [0.15, 0.2) is 5.82 Å². The average molecular weight is 382 g/mol. The second-order valence-corrected chi connectivity index (χ2v) is 7.00. The number of nitrogens with one attached hydrogen (secondary N) is 2. The molecule has 2 aliphatic heterocycles. The minimum Gasteiger partial charge on any atom is -0.399 e. The largest absolute Gasteiger partial charge is 0.399 e. The zero-order valence-electron chi connectivity index (χ0n) is 15.9. The number of anilines is 3. The van der Waals surface area contributed by atoms with Crippen molar-refractivity contribution in [2.45, 2.75) is 25.5 Å². The zero-order valence-corrected chi connectivity index (χ0v) is 15.9. The molecule has 2 aromatic rings. The van der Waals surface area contributed by atoms with E-state index in [-0.39, 0.29) is 6.23 Å². The van der Waals surface area contributed by atoms with Crippen molar-refractivity contribution in [2.75, 3.05) is 48.9 Å². The molecular weight excluding hydrogens is 356 g/mol. The predicted molar refractivity (Wildman–Crippen MR) is 110 cm³/mol. The summed E-state index contributed by atoms with van der Waals surface area (Å²) in [6.45, 7) is 3.50. The summed E-state index contributed by atoms with van der Waals surface area (Å²) in [6, 6.07) is 7.52. The summed E-state index contributed by atoms with van der Waals surface area (Å²) < 4.78 is 11.3. The van der Waals surface area contributed by atoms with E-state index < -0.39 is 0 Å². The highest BCUT2D eigenvalue weighted by molar-refractivity contribution is 5.92. The number of rotatable bonds is 5. The predicted octanol–water partition coefficient (Wildman–Crippen LogP) is 2.50. The molecule has 0 radical (unpaired) electrons. The van der Waals surface area contributed by atoms with Crippen molar-refractivity contribution < 1.29 is 9.47 Å². The highest BCUT2D eigenvalue weighted by Crippen LogP contribution is 2.29. The second kappa shape index (κ2) is 8.53. The highest BCUT2D eigenvalue weighted by Gasteiger charge is 2.23. The molecular formula is C20H26N6O2. The first-order valence-electron chi connectivity index (χ1n) is 9.74. The maximum Gasteiger partial charge on any atom is 0.163 e. The minimum atomic E-state index is -0.0980. The molecule has 1 unspecified atom stereocenters. The van der Waals surface area contributed by atoms with Crippen LogP contribution in [0.4, 0.5) is 17.3 Å². The molecule has 8 nitrogen and oxygen atoms in total. The third-order valence-corrected chi connectivity index (χ3v) is 5.03. The van der Waals surface area contributed by atoms with Gasteiger partial charge in [-0.2, -0.15) is 0 Å². The number of nitrogens with zero attached hydrogens (tertiary/aromatic N) is 3. The maximum absolute atomic E-state index is 8.00. The Morgan fingerprint density at radius 3 is 2.57 bits per heavy atom. The van der Waals surface area contributed by atoms with Gasteiger partial charge in [-0.15, -0.1) is 0 Å². The van der Waals surface area contributed by atoms with Gasteiger partial charge in [0.05, 0.1) is 18.8 Å². The Kier molecular flexibility index (Phi) is 5.68. The number of hydrogen-bond acceptors (Lipinski definition) is 8. The molecule has 1 atom stereocenters. The third-order valence-electron chi connectivity index (χ3n) is 5.03. The molecule has 0 amide bonds. The number of benzene rings is 1. The number of aromatic nitrogens is 2. The van der Waals surface area contributed by atoms with Crippen LogP contribution in [0.15, 0.2) is 24.3 Å². The van der Waals surface area contributed by atoms with Crippen LogP contribution in [0, 0.1) is 5.41 Å². The van der Waals surface area contributed by atoms with Crippen LogP contribution in [0.25, 0.3) is 11.4 Å². The second-order valence-electron chi connectivity index (χ2n) is 7.00. The molecule has 2 aliphatic rings. The Morgan fingerprint density at radius 1 is 1.11 bits per heavy atom. The Balaban J connectivity index is 1.76. The van der Waals surface area contributed by atoms with Crippen LogP contribution < -0.4 is 16.0 Å². The molecule has 0 bridgehead atoms. The normalized spacial score (nSPS) is 20.0. The molecule has 4 N–H and O–H groups in total. The Labute approximate surface area is 164 Å². The lowest BCUT2D eigenvalue weighted by Crippen LogP contribution is -2.38. The van der Waals surface area contributed by atoms with Crippen LogP contribution in [0.5, 0.6) is 0 Å². The molecule has 0 saturated carbocycles. The lowest BCUT2D eigenvalue weighted by atomic mass is 10.1. The molecule has 1 aromatic heterocycles. The van der Waals surface area contributed by atoms with Gasteiger partial charge >= 0.3 is 0 Å². The van der Waals surface area contributed by atoms with E-state index in [0.717, 1.165) is 50.3 Å². The van der Waals surface area contributed by atoms with Crippen LogP contribution in [-0.2, 0) is 9.47 Å². The number of ether oxygens (including phenoxy) is 2. The Bertz CT molecular complexity index is 814. The molecule has 2 saturated heterocycles. The standard InChI is InChI=1S/C20H26N6O2/c21-13-16-19(23-17-3-1-2-10-28-17)24-18(14-4-6-15(22)7-5-14)25-20(16)26-8-11-27-12-9-26/h4-7,13,17,21H,1-3,8-12,22H2,(H,23,24,25). The summed E-state index contributed by atoms with van der Waals surface area (Å²) in [5.74, 6) is 1.98. The molecule has 28 heavy (non-hydrogen) atoms. The van der Waals surface area contributed by atoms with Gasteiger partial charge in [0, 0.05) is 37.2 Å². The van der Waals surface area contributed by atoms with Gasteiger partial charge in [-0.25, -0.2) is 9.97 Å². The maximum atomic E-state index is 8.00. The van der Waals surface area contributed by atoms with Crippen LogP contribution >= 0.6 is 0 Å². The molecule has 0 aliphatic carbocycles. The quantitative estimate of drug-likeness (QED) is 0.538. The van der Waals surface area contributed by atoms with Crippen molar-refractivity contribution in [2.24, 2.45) is 0 Å². The van der Waals surface area contributed by atoms with E-state index in [2.05, 4.69) is 10.2 Å². The fourth-order valence-corrected chi connectivity index (χ4v) is 3.49. The van der Waals surface area contributed by atoms with E-state index in [1.807, 2.05) is 24.3 Å². The monoisotopic (exact) mass is 382 g/mol. The van der Waals surface area contributed by atoms with Gasteiger partial charge in [-0.3, -0.25) is 0 Å². The molecule has 4 rings (SSSR count). The lowest BCUT2D eigenvalue weighted by molar-refractivity contribution is 0.0341. The average Bonchev–Trinajstić information content (AvgIpc) is 2.75. The van der Waals surface area contributed by atoms with E-state index in [1.54, 1.807) is 0 Å². The van der Waals surface area contributed by atoms with Crippen molar-refractivity contribution in [3.8, 4) is 11.4 Å². The summed E-state index contributed by atoms with van der Waals surface area (Å²) in [7, 11) is 0. The first kappa shape index (κ1) is 18.6. The van der Waals surface area contributed by atoms with Crippen LogP contribution in [0.1, 0.15) is 24.8 Å². The van der Waals surface area contributed by atoms with Gasteiger partial charge in [-0.05, 0) is 43.5 Å². The number of hydrogen-bond donors (Lipinski definition) is 3. The van der Waals surface area contributed by atoms with Crippen molar-refractivity contribution in [1.29, 1.82) is 5.41 Å². The van der Waals surface area contributed by atoms with E-state index in [1.165, 1.54) is 6.21 Å². The van der Waals surface area contributed by atoms with Gasteiger partial charge in [0.2, 0.25) is 0 Å². The van der Waals surface area contributed by atoms with Crippen LogP contribution in [0.3, 0.4) is 0 Å². The zero-order chi connectivity index (χ0) is 19.3. The molecule has 148 valence electrons. The first-order chi connectivity index (χ1) is 13.7. The van der Waals surface area contributed by atoms with Crippen LogP contribution in [0.2, 0.25) is 0 Å². The molecule has 2 fully saturated rings. The number of morpholine rings is 1. The van der Waals surface area contributed by atoms with Gasteiger partial charge in [0.1, 0.15) is 17.9 Å². The van der Waals surface area contributed by atoms with Crippen LogP contribution in [-0.4, -0.2) is 55.3 Å². The van der Waals surface area contributed by atoms with E-state index in [9.17, 15) is 0 Å². The fraction of sp³-hybridized carbons (Fsp3) is 0.450. The van der Waals surface area contributed by atoms with Crippen molar-refractivity contribution in [3.63, 3.8) is 0 Å². The molecule has 3 heterocycles. The number of nitrogens with two attached hydrogens (primary N) is 1. The summed E-state index contributed by atoms with van der Waals surface area (Å²) in [6.07, 6.45) is 4.34. The van der Waals surface area contributed by atoms with E-state index >= 15 is 0 Å². The van der Waals surface area contributed by atoms with E-state index in [4.69, 9.17) is 30.6 Å². The third kappa shape index (κ3) is 4.07. The fourth-order valence-electron chi connectivity index (χ4n) is 3.49. The van der Waals surface area contributed by atoms with Crippen molar-refractivity contribution >= 4 is 23.5 Å². The highest BCUT2D eigenvalue weighted by atomic mass is 16.5. The summed E-state index contributed by atoms with van der Waals surface area (Å²) in [5.41, 5.74) is 8.08. The van der Waals surface area contributed by atoms with Gasteiger partial charge < -0.3 is 30.8 Å². The van der Waals surface area contributed by atoms with Gasteiger partial charge in [0.25, 0.3) is 0 Å². The smallest absolute Gasteiger partial charge is 0.163 e. The summed E-state index contributed by atoms with van der Waals surface area (Å²) >= 11 is 0. The molecule has 0 spiro atoms. The molecule has 8 heteroatoms.